The summed E-state index contributed by atoms with van der Waals surface area (Å²) in [6.45, 7) is 3.37. The molecule has 1 saturated heterocycles. The van der Waals surface area contributed by atoms with Crippen molar-refractivity contribution in [1.29, 1.82) is 0 Å². The summed E-state index contributed by atoms with van der Waals surface area (Å²) in [5.41, 5.74) is 1.13. The van der Waals surface area contributed by atoms with Gasteiger partial charge in [-0.1, -0.05) is 12.1 Å². The third kappa shape index (κ3) is 4.22. The minimum absolute atomic E-state index is 0.0724. The van der Waals surface area contributed by atoms with Gasteiger partial charge in [-0.3, -0.25) is 19.0 Å². The number of carbonyl (C=O) groups excluding carboxylic acids is 2. The molecule has 1 aliphatic rings. The lowest BCUT2D eigenvalue weighted by atomic mass is 10.1. The number of benzene rings is 1. The smallest absolute Gasteiger partial charge is 0.261 e. The van der Waals surface area contributed by atoms with Gasteiger partial charge >= 0.3 is 0 Å². The van der Waals surface area contributed by atoms with Gasteiger partial charge in [0.25, 0.3) is 5.56 Å². The summed E-state index contributed by atoms with van der Waals surface area (Å²) in [6.07, 6.45) is 1.32. The number of hydrogen-bond acceptors (Lipinski definition) is 6. The topological polar surface area (TPSA) is 118 Å². The lowest BCUT2D eigenvalue weighted by molar-refractivity contribution is -0.135. The Morgan fingerprint density at radius 1 is 1.25 bits per heavy atom. The van der Waals surface area contributed by atoms with E-state index in [9.17, 15) is 22.8 Å². The molecule has 10 heteroatoms. The molecule has 1 aliphatic heterocycles. The molecule has 2 aromatic rings. The minimum Gasteiger partial charge on any atom is -0.343 e. The Morgan fingerprint density at radius 3 is 2.61 bits per heavy atom. The molecule has 0 radical (unpaired) electrons. The number of sulfone groups is 1. The summed E-state index contributed by atoms with van der Waals surface area (Å²) in [5.74, 6) is -0.988. The molecule has 28 heavy (non-hydrogen) atoms. The third-order valence-corrected chi connectivity index (χ3v) is 6.38. The minimum atomic E-state index is -3.09. The summed E-state index contributed by atoms with van der Waals surface area (Å²) in [6, 6.07) is 4.44. The van der Waals surface area contributed by atoms with Gasteiger partial charge in [-0.25, -0.2) is 13.4 Å². The Morgan fingerprint density at radius 2 is 1.93 bits per heavy atom. The zero-order valence-electron chi connectivity index (χ0n) is 15.7. The molecule has 1 atom stereocenters. The van der Waals surface area contributed by atoms with Crippen LogP contribution in [0.5, 0.6) is 0 Å². The van der Waals surface area contributed by atoms with Crippen molar-refractivity contribution in [2.24, 2.45) is 0 Å². The molecule has 1 fully saturated rings. The summed E-state index contributed by atoms with van der Waals surface area (Å²) >= 11 is 0. The lowest BCUT2D eigenvalue weighted by Crippen LogP contribution is -2.52. The highest BCUT2D eigenvalue weighted by Gasteiger charge is 2.28. The number of amides is 2. The first kappa shape index (κ1) is 20.0. The van der Waals surface area contributed by atoms with Crippen molar-refractivity contribution < 1.29 is 18.0 Å². The number of rotatable bonds is 4. The van der Waals surface area contributed by atoms with Gasteiger partial charge in [0.1, 0.15) is 12.6 Å². The second kappa shape index (κ2) is 7.70. The van der Waals surface area contributed by atoms with Crippen LogP contribution in [0.2, 0.25) is 0 Å². The van der Waals surface area contributed by atoms with Crippen LogP contribution in [0.4, 0.5) is 0 Å². The summed E-state index contributed by atoms with van der Waals surface area (Å²) in [4.78, 5) is 42.9. The van der Waals surface area contributed by atoms with Crippen LogP contribution in [-0.4, -0.2) is 65.3 Å². The summed E-state index contributed by atoms with van der Waals surface area (Å²) in [5, 5.41) is 2.99. The van der Waals surface area contributed by atoms with Crippen molar-refractivity contribution in [2.45, 2.75) is 26.4 Å². The van der Waals surface area contributed by atoms with E-state index in [0.29, 0.717) is 10.9 Å². The molecule has 0 bridgehead atoms. The van der Waals surface area contributed by atoms with Gasteiger partial charge in [-0.2, -0.15) is 0 Å². The fraction of sp³-hybridized carbons (Fsp3) is 0.444. The molecule has 1 aromatic heterocycles. The van der Waals surface area contributed by atoms with Crippen LogP contribution in [0.25, 0.3) is 10.9 Å². The summed E-state index contributed by atoms with van der Waals surface area (Å²) < 4.78 is 24.1. The third-order valence-electron chi connectivity index (χ3n) is 4.77. The fourth-order valence-corrected chi connectivity index (χ4v) is 4.36. The number of nitrogens with one attached hydrogen (secondary N) is 1. The first-order chi connectivity index (χ1) is 13.2. The Hall–Kier alpha value is -2.75. The molecule has 0 aliphatic carbocycles. The Balaban J connectivity index is 1.65. The molecular weight excluding hydrogens is 384 g/mol. The van der Waals surface area contributed by atoms with Crippen molar-refractivity contribution in [1.82, 2.24) is 19.8 Å². The number of nitrogens with zero attached hydrogens (tertiary/aromatic N) is 3. The number of carbonyl (C=O) groups is 2. The predicted octanol–water partition coefficient (Wildman–Crippen LogP) is -0.533. The average Bonchev–Trinajstić information content (AvgIpc) is 2.64. The highest BCUT2D eigenvalue weighted by molar-refractivity contribution is 7.91. The molecule has 9 nitrogen and oxygen atoms in total. The molecule has 150 valence electrons. The van der Waals surface area contributed by atoms with Crippen LogP contribution in [0, 0.1) is 6.92 Å². The van der Waals surface area contributed by atoms with Crippen LogP contribution in [0.1, 0.15) is 12.5 Å². The van der Waals surface area contributed by atoms with Crippen molar-refractivity contribution >= 4 is 32.6 Å². The Labute approximate surface area is 162 Å². The molecule has 1 aromatic carbocycles. The maximum absolute atomic E-state index is 12.6. The number of aromatic nitrogens is 2. The van der Waals surface area contributed by atoms with E-state index < -0.39 is 21.8 Å². The lowest BCUT2D eigenvalue weighted by Gasteiger charge is -2.29. The predicted molar refractivity (Wildman–Crippen MR) is 104 cm³/mol. The van der Waals surface area contributed by atoms with Crippen LogP contribution in [0.3, 0.4) is 0 Å². The van der Waals surface area contributed by atoms with Gasteiger partial charge < -0.3 is 10.2 Å². The SMILES string of the molecule is Cc1cccc2c(=O)n(CC(=O)NC(C)C(=O)N3CCS(=O)(=O)CC3)cnc12. The monoisotopic (exact) mass is 406 g/mol. The van der Waals surface area contributed by atoms with Crippen LogP contribution < -0.4 is 10.9 Å². The Kier molecular flexibility index (Phi) is 5.50. The van der Waals surface area contributed by atoms with Gasteiger partial charge in [0, 0.05) is 13.1 Å². The number of hydrogen-bond donors (Lipinski definition) is 1. The van der Waals surface area contributed by atoms with E-state index in [4.69, 9.17) is 0 Å². The molecular formula is C18H22N4O5S. The van der Waals surface area contributed by atoms with Crippen molar-refractivity contribution in [3.63, 3.8) is 0 Å². The van der Waals surface area contributed by atoms with E-state index in [2.05, 4.69) is 10.3 Å². The second-order valence-electron chi connectivity index (χ2n) is 6.92. The molecule has 2 amide bonds. The van der Waals surface area contributed by atoms with Gasteiger partial charge in [-0.15, -0.1) is 0 Å². The molecule has 0 spiro atoms. The van der Waals surface area contributed by atoms with E-state index in [0.717, 1.165) is 5.56 Å². The molecule has 2 heterocycles. The van der Waals surface area contributed by atoms with E-state index >= 15 is 0 Å². The standard InChI is InChI=1S/C18H22N4O5S/c1-12-4-3-5-14-16(12)19-11-22(18(14)25)10-15(23)20-13(2)17(24)21-6-8-28(26,27)9-7-21/h3-5,11,13H,6-10H2,1-2H3,(H,20,23). The Bertz CT molecular complexity index is 1080. The van der Waals surface area contributed by atoms with Gasteiger partial charge in [0.15, 0.2) is 9.84 Å². The highest BCUT2D eigenvalue weighted by atomic mass is 32.2. The first-order valence-corrected chi connectivity index (χ1v) is 10.7. The number of aryl methyl sites for hydroxylation is 1. The molecule has 1 N–H and O–H groups in total. The highest BCUT2D eigenvalue weighted by Crippen LogP contribution is 2.11. The van der Waals surface area contributed by atoms with E-state index in [1.165, 1.54) is 22.7 Å². The van der Waals surface area contributed by atoms with Crippen LogP contribution >= 0.6 is 0 Å². The normalized spacial score (nSPS) is 17.3. The molecule has 0 saturated carbocycles. The van der Waals surface area contributed by atoms with Gasteiger partial charge in [0.2, 0.25) is 11.8 Å². The second-order valence-corrected chi connectivity index (χ2v) is 9.22. The van der Waals surface area contributed by atoms with Gasteiger partial charge in [-0.05, 0) is 25.5 Å². The zero-order chi connectivity index (χ0) is 20.5. The van der Waals surface area contributed by atoms with E-state index in [1.807, 2.05) is 13.0 Å². The van der Waals surface area contributed by atoms with Gasteiger partial charge in [0.05, 0.1) is 28.7 Å². The zero-order valence-corrected chi connectivity index (χ0v) is 16.5. The summed E-state index contributed by atoms with van der Waals surface area (Å²) in [7, 11) is -3.09. The first-order valence-electron chi connectivity index (χ1n) is 8.91. The maximum Gasteiger partial charge on any atom is 0.261 e. The molecule has 3 rings (SSSR count). The van der Waals surface area contributed by atoms with Crippen LogP contribution in [0.15, 0.2) is 29.3 Å². The van der Waals surface area contributed by atoms with E-state index in [1.54, 1.807) is 12.1 Å². The van der Waals surface area contributed by atoms with Crippen LogP contribution in [-0.2, 0) is 26.0 Å². The quantitative estimate of drug-likeness (QED) is 0.729. The van der Waals surface area contributed by atoms with Crippen molar-refractivity contribution in [3.05, 3.63) is 40.4 Å². The maximum atomic E-state index is 12.6. The number of para-hydroxylation sites is 1. The average molecular weight is 406 g/mol. The largest absolute Gasteiger partial charge is 0.343 e. The van der Waals surface area contributed by atoms with E-state index in [-0.39, 0.29) is 42.6 Å². The van der Waals surface area contributed by atoms with Crippen molar-refractivity contribution in [2.75, 3.05) is 24.6 Å². The van der Waals surface area contributed by atoms with Crippen molar-refractivity contribution in [3.8, 4) is 0 Å². The number of fused-ring (bicyclic) bond motifs is 1. The fourth-order valence-electron chi connectivity index (χ4n) is 3.16. The molecule has 1 unspecified atom stereocenters.